The van der Waals surface area contributed by atoms with Gasteiger partial charge in [0.2, 0.25) is 5.91 Å². The van der Waals surface area contributed by atoms with E-state index in [-0.39, 0.29) is 18.4 Å². The van der Waals surface area contributed by atoms with Gasteiger partial charge in [0.1, 0.15) is 11.5 Å². The van der Waals surface area contributed by atoms with Crippen molar-refractivity contribution in [2.24, 2.45) is 0 Å². The van der Waals surface area contributed by atoms with E-state index in [2.05, 4.69) is 5.32 Å². The summed E-state index contributed by atoms with van der Waals surface area (Å²) in [6, 6.07) is 14.3. The third-order valence-electron chi connectivity index (χ3n) is 3.60. The third-order valence-corrected chi connectivity index (χ3v) is 3.60. The first-order valence-corrected chi connectivity index (χ1v) is 8.63. The van der Waals surface area contributed by atoms with Gasteiger partial charge >= 0.3 is 0 Å². The van der Waals surface area contributed by atoms with Crippen molar-refractivity contribution >= 4 is 23.6 Å². The number of likely N-dealkylation sites (N-methyl/N-ethyl adjacent to an activating group) is 1. The molecule has 0 radical (unpaired) electrons. The van der Waals surface area contributed by atoms with Crippen LogP contribution in [-0.2, 0) is 9.59 Å². The van der Waals surface area contributed by atoms with Crippen molar-refractivity contribution in [2.45, 2.75) is 6.92 Å². The zero-order valence-corrected chi connectivity index (χ0v) is 15.8. The van der Waals surface area contributed by atoms with Gasteiger partial charge in [-0.2, -0.15) is 0 Å². The number of benzene rings is 2. The first-order valence-electron chi connectivity index (χ1n) is 8.63. The van der Waals surface area contributed by atoms with Crippen LogP contribution in [0, 0.1) is 0 Å². The number of carbonyl (C=O) groups is 2. The highest BCUT2D eigenvalue weighted by molar-refractivity contribution is 6.01. The first-order chi connectivity index (χ1) is 13.0. The van der Waals surface area contributed by atoms with Gasteiger partial charge in [0, 0.05) is 25.9 Å². The van der Waals surface area contributed by atoms with Crippen molar-refractivity contribution in [1.29, 1.82) is 0 Å². The van der Waals surface area contributed by atoms with Crippen molar-refractivity contribution < 1.29 is 19.1 Å². The van der Waals surface area contributed by atoms with Gasteiger partial charge < -0.3 is 19.7 Å². The van der Waals surface area contributed by atoms with Gasteiger partial charge in [-0.05, 0) is 55.0 Å². The molecule has 0 saturated heterocycles. The highest BCUT2D eigenvalue weighted by Crippen LogP contribution is 2.16. The van der Waals surface area contributed by atoms with Gasteiger partial charge in [-0.25, -0.2) is 0 Å². The number of rotatable bonds is 8. The fourth-order valence-corrected chi connectivity index (χ4v) is 2.11. The molecule has 2 aromatic rings. The maximum Gasteiger partial charge on any atom is 0.259 e. The molecule has 0 spiro atoms. The normalized spacial score (nSPS) is 10.5. The van der Waals surface area contributed by atoms with Crippen LogP contribution in [0.5, 0.6) is 11.5 Å². The van der Waals surface area contributed by atoms with Crippen LogP contribution in [0.25, 0.3) is 6.08 Å². The Kier molecular flexibility index (Phi) is 7.43. The summed E-state index contributed by atoms with van der Waals surface area (Å²) in [6.07, 6.45) is 3.20. The van der Waals surface area contributed by atoms with E-state index < -0.39 is 0 Å². The molecule has 0 aliphatic rings. The van der Waals surface area contributed by atoms with E-state index in [1.807, 2.05) is 31.2 Å². The third kappa shape index (κ3) is 6.86. The Morgan fingerprint density at radius 2 is 1.56 bits per heavy atom. The molecule has 0 atom stereocenters. The molecule has 0 bridgehead atoms. The van der Waals surface area contributed by atoms with Crippen LogP contribution < -0.4 is 14.8 Å². The lowest BCUT2D eigenvalue weighted by atomic mass is 10.2. The summed E-state index contributed by atoms with van der Waals surface area (Å²) in [5.74, 6) is 1.01. The molecule has 0 fully saturated rings. The van der Waals surface area contributed by atoms with Gasteiger partial charge in [-0.15, -0.1) is 0 Å². The minimum Gasteiger partial charge on any atom is -0.494 e. The molecule has 0 aliphatic carbocycles. The smallest absolute Gasteiger partial charge is 0.259 e. The van der Waals surface area contributed by atoms with Crippen LogP contribution in [0.1, 0.15) is 12.5 Å². The van der Waals surface area contributed by atoms with E-state index in [4.69, 9.17) is 9.47 Å². The number of ether oxygens (including phenoxy) is 2. The number of anilines is 1. The zero-order valence-electron chi connectivity index (χ0n) is 15.8. The summed E-state index contributed by atoms with van der Waals surface area (Å²) in [5, 5.41) is 2.77. The SMILES string of the molecule is CCOc1ccc(/C=C/C(=O)Nc2ccc(OCC(=O)N(C)C)cc2)cc1. The summed E-state index contributed by atoms with van der Waals surface area (Å²) in [7, 11) is 3.34. The summed E-state index contributed by atoms with van der Waals surface area (Å²) < 4.78 is 10.8. The van der Waals surface area contributed by atoms with E-state index in [0.717, 1.165) is 11.3 Å². The second kappa shape index (κ2) is 10.0. The van der Waals surface area contributed by atoms with E-state index in [9.17, 15) is 9.59 Å². The molecule has 2 aromatic carbocycles. The Morgan fingerprint density at radius 1 is 0.963 bits per heavy atom. The molecule has 142 valence electrons. The fraction of sp³-hybridized carbons (Fsp3) is 0.238. The number of nitrogens with one attached hydrogen (secondary N) is 1. The number of nitrogens with zero attached hydrogens (tertiary/aromatic N) is 1. The standard InChI is InChI=1S/C21H24N2O4/c1-4-26-18-10-5-16(6-11-18)7-14-20(24)22-17-8-12-19(13-9-17)27-15-21(25)23(2)3/h5-14H,4,15H2,1-3H3,(H,22,24)/b14-7+. The fourth-order valence-electron chi connectivity index (χ4n) is 2.11. The van der Waals surface area contributed by atoms with Gasteiger partial charge in [0.15, 0.2) is 6.61 Å². The molecule has 2 rings (SSSR count). The Bertz CT molecular complexity index is 781. The second-order valence-electron chi connectivity index (χ2n) is 5.93. The van der Waals surface area contributed by atoms with Gasteiger partial charge in [0.05, 0.1) is 6.61 Å². The predicted octanol–water partition coefficient (Wildman–Crippen LogP) is 3.20. The first kappa shape index (κ1) is 20.0. The molecule has 2 amide bonds. The molecule has 0 unspecified atom stereocenters. The van der Waals surface area contributed by atoms with E-state index in [0.29, 0.717) is 18.0 Å². The zero-order chi connectivity index (χ0) is 19.6. The largest absolute Gasteiger partial charge is 0.494 e. The Balaban J connectivity index is 1.85. The second-order valence-corrected chi connectivity index (χ2v) is 5.93. The van der Waals surface area contributed by atoms with Crippen molar-refractivity contribution in [1.82, 2.24) is 4.90 Å². The highest BCUT2D eigenvalue weighted by atomic mass is 16.5. The molecule has 6 nitrogen and oxygen atoms in total. The van der Waals surface area contributed by atoms with Crippen LogP contribution in [0.3, 0.4) is 0 Å². The van der Waals surface area contributed by atoms with Crippen LogP contribution in [0.2, 0.25) is 0 Å². The highest BCUT2D eigenvalue weighted by Gasteiger charge is 2.05. The minimum atomic E-state index is -0.236. The molecule has 27 heavy (non-hydrogen) atoms. The lowest BCUT2D eigenvalue weighted by molar-refractivity contribution is -0.130. The molecule has 0 saturated carbocycles. The molecule has 0 aliphatic heterocycles. The maximum atomic E-state index is 12.0. The van der Waals surface area contributed by atoms with E-state index >= 15 is 0 Å². The number of carbonyl (C=O) groups excluding carboxylic acids is 2. The van der Waals surface area contributed by atoms with E-state index in [1.54, 1.807) is 44.4 Å². The molecular weight excluding hydrogens is 344 g/mol. The van der Waals surface area contributed by atoms with Crippen molar-refractivity contribution in [3.8, 4) is 11.5 Å². The topological polar surface area (TPSA) is 67.9 Å². The Morgan fingerprint density at radius 3 is 2.15 bits per heavy atom. The summed E-state index contributed by atoms with van der Waals surface area (Å²) in [4.78, 5) is 25.0. The van der Waals surface area contributed by atoms with Crippen LogP contribution in [-0.4, -0.2) is 44.0 Å². The maximum absolute atomic E-state index is 12.0. The Hall–Kier alpha value is -3.28. The predicted molar refractivity (Wildman–Crippen MR) is 106 cm³/mol. The summed E-state index contributed by atoms with van der Waals surface area (Å²) in [5.41, 5.74) is 1.55. The van der Waals surface area contributed by atoms with Gasteiger partial charge in [-0.1, -0.05) is 12.1 Å². The number of amides is 2. The lowest BCUT2D eigenvalue weighted by Gasteiger charge is -2.11. The van der Waals surface area contributed by atoms with Crippen molar-refractivity contribution in [2.75, 3.05) is 32.6 Å². The molecule has 0 aromatic heterocycles. The van der Waals surface area contributed by atoms with Gasteiger partial charge in [0.25, 0.3) is 5.91 Å². The van der Waals surface area contributed by atoms with Crippen LogP contribution in [0.4, 0.5) is 5.69 Å². The molecule has 0 heterocycles. The summed E-state index contributed by atoms with van der Waals surface area (Å²) in [6.45, 7) is 2.52. The average molecular weight is 368 g/mol. The van der Waals surface area contributed by atoms with Gasteiger partial charge in [-0.3, -0.25) is 9.59 Å². The number of hydrogen-bond donors (Lipinski definition) is 1. The molecule has 1 N–H and O–H groups in total. The monoisotopic (exact) mass is 368 g/mol. The molecular formula is C21H24N2O4. The Labute approximate surface area is 159 Å². The summed E-state index contributed by atoms with van der Waals surface area (Å²) >= 11 is 0. The minimum absolute atomic E-state index is 0.0243. The van der Waals surface area contributed by atoms with Crippen LogP contribution in [0.15, 0.2) is 54.6 Å². The van der Waals surface area contributed by atoms with Crippen molar-refractivity contribution in [3.63, 3.8) is 0 Å². The van der Waals surface area contributed by atoms with E-state index in [1.165, 1.54) is 11.0 Å². The average Bonchev–Trinajstić information content (AvgIpc) is 2.67. The lowest BCUT2D eigenvalue weighted by Crippen LogP contribution is -2.27. The molecule has 6 heteroatoms. The number of hydrogen-bond acceptors (Lipinski definition) is 4. The quantitative estimate of drug-likeness (QED) is 0.727. The van der Waals surface area contributed by atoms with Crippen LogP contribution >= 0.6 is 0 Å². The van der Waals surface area contributed by atoms with Crippen molar-refractivity contribution in [3.05, 3.63) is 60.2 Å².